The van der Waals surface area contributed by atoms with Gasteiger partial charge in [-0.05, 0) is 43.9 Å². The van der Waals surface area contributed by atoms with Crippen molar-refractivity contribution in [1.29, 1.82) is 0 Å². The van der Waals surface area contributed by atoms with Gasteiger partial charge in [-0.15, -0.1) is 0 Å². The van der Waals surface area contributed by atoms with Crippen LogP contribution in [0.5, 0.6) is 0 Å². The van der Waals surface area contributed by atoms with Crippen LogP contribution in [0, 0.1) is 0 Å². The molecule has 1 fully saturated rings. The molecule has 0 saturated carbocycles. The molecule has 0 spiro atoms. The summed E-state index contributed by atoms with van der Waals surface area (Å²) in [6, 6.07) is 12.9. The standard InChI is InChI=1S/C18H24B2O2/c1-17(2)18(3,4)22-20(21-17)16-12-8-9-13-14(16)10-7-11-15(13)19(5)6/h7-12H,1-6H3. The molecule has 1 aliphatic rings. The SMILES string of the molecule is CB(C)c1cccc2c(B3OC(C)(C)C(C)(C)O3)cccc12. The topological polar surface area (TPSA) is 18.5 Å². The Morgan fingerprint density at radius 3 is 1.95 bits per heavy atom. The molecule has 1 aliphatic heterocycles. The lowest BCUT2D eigenvalue weighted by Crippen LogP contribution is -2.41. The first-order chi connectivity index (χ1) is 10.2. The van der Waals surface area contributed by atoms with Crippen molar-refractivity contribution in [1.82, 2.24) is 0 Å². The van der Waals surface area contributed by atoms with Crippen molar-refractivity contribution in [3.63, 3.8) is 0 Å². The summed E-state index contributed by atoms with van der Waals surface area (Å²) < 4.78 is 12.5. The molecular weight excluding hydrogens is 270 g/mol. The maximum Gasteiger partial charge on any atom is 0.495 e. The molecule has 3 rings (SSSR count). The van der Waals surface area contributed by atoms with Crippen molar-refractivity contribution in [3.05, 3.63) is 36.4 Å². The van der Waals surface area contributed by atoms with Gasteiger partial charge in [0.2, 0.25) is 0 Å². The summed E-state index contributed by atoms with van der Waals surface area (Å²) in [5.41, 5.74) is 1.87. The minimum Gasteiger partial charge on any atom is -0.399 e. The van der Waals surface area contributed by atoms with Crippen molar-refractivity contribution in [2.45, 2.75) is 52.5 Å². The van der Waals surface area contributed by atoms with E-state index >= 15 is 0 Å². The Balaban J connectivity index is 2.12. The summed E-state index contributed by atoms with van der Waals surface area (Å²) in [6.07, 6.45) is 0. The number of rotatable bonds is 2. The van der Waals surface area contributed by atoms with Crippen LogP contribution >= 0.6 is 0 Å². The normalized spacial score (nSPS) is 19.6. The summed E-state index contributed by atoms with van der Waals surface area (Å²) in [4.78, 5) is 0. The summed E-state index contributed by atoms with van der Waals surface area (Å²) >= 11 is 0. The van der Waals surface area contributed by atoms with Gasteiger partial charge in [0, 0.05) is 0 Å². The third kappa shape index (κ3) is 2.39. The van der Waals surface area contributed by atoms with Crippen LogP contribution in [0.25, 0.3) is 10.8 Å². The Bertz CT molecular complexity index is 691. The van der Waals surface area contributed by atoms with E-state index in [1.807, 2.05) is 0 Å². The lowest BCUT2D eigenvalue weighted by molar-refractivity contribution is 0.00578. The zero-order valence-electron chi connectivity index (χ0n) is 14.4. The monoisotopic (exact) mass is 294 g/mol. The molecule has 2 aromatic rings. The van der Waals surface area contributed by atoms with E-state index in [1.165, 1.54) is 16.2 Å². The van der Waals surface area contributed by atoms with Crippen LogP contribution in [0.1, 0.15) is 27.7 Å². The first kappa shape index (κ1) is 15.6. The average molecular weight is 294 g/mol. The zero-order valence-corrected chi connectivity index (χ0v) is 14.4. The van der Waals surface area contributed by atoms with E-state index < -0.39 is 0 Å². The minimum atomic E-state index is -0.310. The van der Waals surface area contributed by atoms with Gasteiger partial charge in [-0.3, -0.25) is 0 Å². The highest BCUT2D eigenvalue weighted by Crippen LogP contribution is 2.36. The van der Waals surface area contributed by atoms with Gasteiger partial charge >= 0.3 is 7.12 Å². The van der Waals surface area contributed by atoms with Crippen LogP contribution in [0.3, 0.4) is 0 Å². The lowest BCUT2D eigenvalue weighted by Gasteiger charge is -2.32. The van der Waals surface area contributed by atoms with Gasteiger partial charge in [0.05, 0.1) is 11.2 Å². The van der Waals surface area contributed by atoms with Crippen LogP contribution in [0.2, 0.25) is 13.6 Å². The zero-order chi connectivity index (χ0) is 16.1. The van der Waals surface area contributed by atoms with E-state index in [2.05, 4.69) is 77.7 Å². The van der Waals surface area contributed by atoms with E-state index in [0.29, 0.717) is 6.71 Å². The fraction of sp³-hybridized carbons (Fsp3) is 0.444. The van der Waals surface area contributed by atoms with E-state index in [1.54, 1.807) is 0 Å². The Labute approximate surface area is 134 Å². The second-order valence-electron chi connectivity index (χ2n) is 7.53. The predicted molar refractivity (Wildman–Crippen MR) is 96.8 cm³/mol. The summed E-state index contributed by atoms with van der Waals surface area (Å²) in [6.45, 7) is 13.3. The molecule has 4 heteroatoms. The maximum atomic E-state index is 6.24. The van der Waals surface area contributed by atoms with E-state index in [4.69, 9.17) is 9.31 Å². The van der Waals surface area contributed by atoms with Gasteiger partial charge in [0.1, 0.15) is 0 Å². The van der Waals surface area contributed by atoms with Crippen LogP contribution in [0.15, 0.2) is 36.4 Å². The van der Waals surface area contributed by atoms with Crippen LogP contribution in [-0.2, 0) is 9.31 Å². The fourth-order valence-corrected chi connectivity index (χ4v) is 3.04. The molecule has 2 nitrogen and oxygen atoms in total. The quantitative estimate of drug-likeness (QED) is 0.792. The van der Waals surface area contributed by atoms with Crippen LogP contribution in [0.4, 0.5) is 0 Å². The van der Waals surface area contributed by atoms with Crippen LogP contribution in [-0.4, -0.2) is 25.0 Å². The molecule has 2 aromatic carbocycles. The second kappa shape index (κ2) is 5.14. The number of hydrogen-bond donors (Lipinski definition) is 0. The van der Waals surface area contributed by atoms with E-state index in [-0.39, 0.29) is 18.3 Å². The van der Waals surface area contributed by atoms with Gasteiger partial charge in [-0.25, -0.2) is 0 Å². The molecule has 0 atom stereocenters. The first-order valence-electron chi connectivity index (χ1n) is 8.10. The highest BCUT2D eigenvalue weighted by molar-refractivity contribution is 6.74. The molecular formula is C18H24B2O2. The third-order valence-electron chi connectivity index (χ3n) is 5.12. The van der Waals surface area contributed by atoms with Crippen molar-refractivity contribution in [2.24, 2.45) is 0 Å². The Morgan fingerprint density at radius 1 is 0.818 bits per heavy atom. The molecule has 0 aromatic heterocycles. The van der Waals surface area contributed by atoms with Gasteiger partial charge in [-0.2, -0.15) is 0 Å². The molecule has 22 heavy (non-hydrogen) atoms. The predicted octanol–water partition coefficient (Wildman–Crippen LogP) is 3.10. The highest BCUT2D eigenvalue weighted by Gasteiger charge is 2.52. The third-order valence-corrected chi connectivity index (χ3v) is 5.12. The first-order valence-corrected chi connectivity index (χ1v) is 8.10. The van der Waals surface area contributed by atoms with Crippen molar-refractivity contribution in [3.8, 4) is 0 Å². The van der Waals surface area contributed by atoms with E-state index in [0.717, 1.165) is 5.46 Å². The van der Waals surface area contributed by atoms with Crippen molar-refractivity contribution < 1.29 is 9.31 Å². The lowest BCUT2D eigenvalue weighted by atomic mass is 9.48. The van der Waals surface area contributed by atoms with Crippen molar-refractivity contribution in [2.75, 3.05) is 0 Å². The molecule has 1 heterocycles. The van der Waals surface area contributed by atoms with Crippen LogP contribution < -0.4 is 10.9 Å². The molecule has 1 saturated heterocycles. The summed E-state index contributed by atoms with van der Waals surface area (Å²) in [5, 5.41) is 2.52. The van der Waals surface area contributed by atoms with Gasteiger partial charge in [0.15, 0.2) is 6.71 Å². The number of fused-ring (bicyclic) bond motifs is 1. The number of hydrogen-bond acceptors (Lipinski definition) is 2. The number of benzene rings is 2. The highest BCUT2D eigenvalue weighted by atomic mass is 16.7. The maximum absolute atomic E-state index is 6.24. The van der Waals surface area contributed by atoms with Crippen molar-refractivity contribution >= 4 is 35.5 Å². The van der Waals surface area contributed by atoms with E-state index in [9.17, 15) is 0 Å². The second-order valence-corrected chi connectivity index (χ2v) is 7.53. The van der Waals surface area contributed by atoms with Gasteiger partial charge in [0.25, 0.3) is 0 Å². The van der Waals surface area contributed by atoms with Gasteiger partial charge < -0.3 is 9.31 Å². The molecule has 114 valence electrons. The average Bonchev–Trinajstić information content (AvgIpc) is 2.65. The fourth-order valence-electron chi connectivity index (χ4n) is 3.04. The molecule has 0 aliphatic carbocycles. The summed E-state index contributed by atoms with van der Waals surface area (Å²) in [7, 11) is -0.309. The Kier molecular flexibility index (Phi) is 3.65. The molecule has 0 radical (unpaired) electrons. The molecule has 0 bridgehead atoms. The Hall–Kier alpha value is -1.25. The Morgan fingerprint density at radius 2 is 1.36 bits per heavy atom. The molecule has 0 amide bonds. The molecule has 0 unspecified atom stereocenters. The summed E-state index contributed by atoms with van der Waals surface area (Å²) in [5.74, 6) is 0. The molecule has 0 N–H and O–H groups in total. The largest absolute Gasteiger partial charge is 0.495 e. The van der Waals surface area contributed by atoms with Gasteiger partial charge in [-0.1, -0.05) is 55.5 Å². The minimum absolute atomic E-state index is 0.309. The smallest absolute Gasteiger partial charge is 0.399 e.